The Bertz CT molecular complexity index is 475. The molecular formula is C18H29N3. The largest absolute Gasteiger partial charge is 0.308 e. The van der Waals surface area contributed by atoms with Crippen LogP contribution in [0.5, 0.6) is 0 Å². The van der Waals surface area contributed by atoms with Gasteiger partial charge in [0.1, 0.15) is 0 Å². The topological polar surface area (TPSA) is 28.2 Å². The van der Waals surface area contributed by atoms with E-state index in [9.17, 15) is 0 Å². The van der Waals surface area contributed by atoms with E-state index in [0.29, 0.717) is 17.0 Å². The number of hydrogen-bond donors (Lipinski definition) is 1. The summed E-state index contributed by atoms with van der Waals surface area (Å²) in [5.41, 5.74) is 1.91. The van der Waals surface area contributed by atoms with Gasteiger partial charge in [0.05, 0.1) is 0 Å². The minimum absolute atomic E-state index is 0.292. The van der Waals surface area contributed by atoms with Crippen LogP contribution in [-0.4, -0.2) is 34.6 Å². The van der Waals surface area contributed by atoms with Crippen LogP contribution >= 0.6 is 0 Å². The molecule has 3 rings (SSSR count). The van der Waals surface area contributed by atoms with Crippen LogP contribution in [0.3, 0.4) is 0 Å². The molecule has 0 amide bonds. The molecule has 2 unspecified atom stereocenters. The lowest BCUT2D eigenvalue weighted by molar-refractivity contribution is 0.0144. The van der Waals surface area contributed by atoms with Crippen LogP contribution in [0.25, 0.3) is 0 Å². The Morgan fingerprint density at radius 2 is 2.14 bits per heavy atom. The first-order chi connectivity index (χ1) is 9.88. The summed E-state index contributed by atoms with van der Waals surface area (Å²) in [5.74, 6) is 0.870. The van der Waals surface area contributed by atoms with Gasteiger partial charge < -0.3 is 5.32 Å². The van der Waals surface area contributed by atoms with Crippen LogP contribution in [0.4, 0.5) is 0 Å². The van der Waals surface area contributed by atoms with E-state index in [1.165, 1.54) is 18.4 Å². The van der Waals surface area contributed by atoms with Gasteiger partial charge in [0.15, 0.2) is 0 Å². The van der Waals surface area contributed by atoms with Gasteiger partial charge in [-0.25, -0.2) is 0 Å². The fraction of sp³-hybridized carbons (Fsp3) is 0.722. The second kappa shape index (κ2) is 5.36. The Morgan fingerprint density at radius 3 is 2.71 bits per heavy atom. The van der Waals surface area contributed by atoms with Crippen molar-refractivity contribution in [3.05, 3.63) is 30.1 Å². The maximum atomic E-state index is 4.28. The van der Waals surface area contributed by atoms with Crippen molar-refractivity contribution in [1.29, 1.82) is 0 Å². The monoisotopic (exact) mass is 287 g/mol. The van der Waals surface area contributed by atoms with Gasteiger partial charge in [-0.15, -0.1) is 0 Å². The lowest BCUT2D eigenvalue weighted by atomic mass is 9.80. The van der Waals surface area contributed by atoms with Gasteiger partial charge in [-0.1, -0.05) is 26.8 Å². The first-order valence-electron chi connectivity index (χ1n) is 8.26. The third-order valence-electron chi connectivity index (χ3n) is 5.26. The molecule has 3 nitrogen and oxygen atoms in total. The molecule has 116 valence electrons. The molecule has 2 heterocycles. The molecular weight excluding hydrogens is 258 g/mol. The molecule has 1 N–H and O–H groups in total. The van der Waals surface area contributed by atoms with E-state index in [4.69, 9.17) is 0 Å². The fourth-order valence-electron chi connectivity index (χ4n) is 3.79. The van der Waals surface area contributed by atoms with E-state index < -0.39 is 0 Å². The summed E-state index contributed by atoms with van der Waals surface area (Å²) in [6.45, 7) is 12.7. The summed E-state index contributed by atoms with van der Waals surface area (Å²) in [6.07, 6.45) is 6.65. The molecule has 21 heavy (non-hydrogen) atoms. The van der Waals surface area contributed by atoms with Gasteiger partial charge in [0, 0.05) is 43.6 Å². The predicted octanol–water partition coefficient (Wildman–Crippen LogP) is 3.07. The van der Waals surface area contributed by atoms with Crippen molar-refractivity contribution in [2.24, 2.45) is 11.3 Å². The average molecular weight is 287 g/mol. The van der Waals surface area contributed by atoms with Gasteiger partial charge in [0.2, 0.25) is 0 Å². The molecule has 2 fully saturated rings. The Morgan fingerprint density at radius 1 is 1.38 bits per heavy atom. The molecule has 2 atom stereocenters. The molecule has 1 saturated heterocycles. The number of piperazine rings is 1. The number of rotatable bonds is 3. The number of nitrogens with zero attached hydrogens (tertiary/aromatic N) is 2. The highest BCUT2D eigenvalue weighted by atomic mass is 15.3. The van der Waals surface area contributed by atoms with Crippen molar-refractivity contribution < 1.29 is 0 Å². The maximum absolute atomic E-state index is 4.28. The molecule has 0 bridgehead atoms. The smallest absolute Gasteiger partial charge is 0.0312 e. The normalized spacial score (nSPS) is 31.3. The van der Waals surface area contributed by atoms with Crippen LogP contribution in [-0.2, 0) is 6.54 Å². The highest BCUT2D eigenvalue weighted by Gasteiger charge is 2.47. The third-order valence-corrected chi connectivity index (χ3v) is 5.26. The molecule has 1 aliphatic carbocycles. The summed E-state index contributed by atoms with van der Waals surface area (Å²) >= 11 is 0. The van der Waals surface area contributed by atoms with Crippen molar-refractivity contribution in [1.82, 2.24) is 15.2 Å². The van der Waals surface area contributed by atoms with E-state index in [1.54, 1.807) is 0 Å². The number of aromatic nitrogens is 1. The first kappa shape index (κ1) is 15.0. The third kappa shape index (κ3) is 3.29. The average Bonchev–Trinajstić information content (AvgIpc) is 3.23. The molecule has 3 heteroatoms. The zero-order chi connectivity index (χ0) is 15.1. The van der Waals surface area contributed by atoms with E-state index in [-0.39, 0.29) is 0 Å². The number of nitrogens with one attached hydrogen (secondary N) is 1. The lowest BCUT2D eigenvalue weighted by Crippen LogP contribution is -2.66. The van der Waals surface area contributed by atoms with E-state index >= 15 is 0 Å². The van der Waals surface area contributed by atoms with Crippen LogP contribution in [0.2, 0.25) is 0 Å². The Kier molecular flexibility index (Phi) is 3.83. The van der Waals surface area contributed by atoms with Crippen LogP contribution in [0.1, 0.15) is 46.1 Å². The molecule has 1 aliphatic heterocycles. The summed E-state index contributed by atoms with van der Waals surface area (Å²) in [4.78, 5) is 6.97. The highest BCUT2D eigenvalue weighted by Crippen LogP contribution is 2.43. The van der Waals surface area contributed by atoms with Gasteiger partial charge in [-0.3, -0.25) is 9.88 Å². The molecule has 1 saturated carbocycles. The summed E-state index contributed by atoms with van der Waals surface area (Å²) < 4.78 is 0. The zero-order valence-corrected chi connectivity index (χ0v) is 13.9. The highest BCUT2D eigenvalue weighted by molar-refractivity contribution is 5.12. The van der Waals surface area contributed by atoms with Gasteiger partial charge >= 0.3 is 0 Å². The maximum Gasteiger partial charge on any atom is 0.0312 e. The van der Waals surface area contributed by atoms with Gasteiger partial charge in [-0.2, -0.15) is 0 Å². The quantitative estimate of drug-likeness (QED) is 0.926. The minimum atomic E-state index is 0.292. The molecule has 0 spiro atoms. The van der Waals surface area contributed by atoms with Crippen LogP contribution in [0, 0.1) is 11.3 Å². The molecule has 2 aliphatic rings. The molecule has 1 aromatic heterocycles. The van der Waals surface area contributed by atoms with E-state index in [0.717, 1.165) is 25.6 Å². The lowest BCUT2D eigenvalue weighted by Gasteiger charge is -2.51. The summed E-state index contributed by atoms with van der Waals surface area (Å²) in [5, 5.41) is 3.87. The van der Waals surface area contributed by atoms with Crippen LogP contribution in [0.15, 0.2) is 24.5 Å². The Hall–Kier alpha value is -0.930. The zero-order valence-electron chi connectivity index (χ0n) is 13.9. The molecule has 0 aromatic carbocycles. The van der Waals surface area contributed by atoms with Crippen molar-refractivity contribution in [3.8, 4) is 0 Å². The van der Waals surface area contributed by atoms with E-state index in [2.05, 4.69) is 49.0 Å². The second-order valence-corrected chi connectivity index (χ2v) is 8.22. The standard InChI is InChI=1S/C18H29N3/c1-17(2,3)16-11-20-18(4,15-7-8-15)13-21(16)12-14-6-5-9-19-10-14/h5-6,9-10,15-16,20H,7-8,11-13H2,1-4H3. The van der Waals surface area contributed by atoms with Crippen LogP contribution < -0.4 is 5.32 Å². The predicted molar refractivity (Wildman–Crippen MR) is 87.0 cm³/mol. The van der Waals surface area contributed by atoms with Gasteiger partial charge in [-0.05, 0) is 42.7 Å². The minimum Gasteiger partial charge on any atom is -0.308 e. The van der Waals surface area contributed by atoms with E-state index in [1.807, 2.05) is 18.5 Å². The molecule has 0 radical (unpaired) electrons. The summed E-state index contributed by atoms with van der Waals surface area (Å²) in [6, 6.07) is 4.82. The number of hydrogen-bond acceptors (Lipinski definition) is 3. The Balaban J connectivity index is 1.79. The van der Waals surface area contributed by atoms with Crippen molar-refractivity contribution >= 4 is 0 Å². The Labute approximate surface area is 129 Å². The molecule has 1 aromatic rings. The second-order valence-electron chi connectivity index (χ2n) is 8.22. The van der Waals surface area contributed by atoms with Crippen molar-refractivity contribution in [3.63, 3.8) is 0 Å². The fourth-order valence-corrected chi connectivity index (χ4v) is 3.79. The van der Waals surface area contributed by atoms with Crippen molar-refractivity contribution in [2.45, 2.75) is 58.7 Å². The SMILES string of the molecule is CC(C)(C)C1CNC(C)(C2CC2)CN1Cc1cccnc1. The number of pyridine rings is 1. The summed E-state index contributed by atoms with van der Waals surface area (Å²) in [7, 11) is 0. The van der Waals surface area contributed by atoms with Crippen molar-refractivity contribution in [2.75, 3.05) is 13.1 Å². The van der Waals surface area contributed by atoms with Gasteiger partial charge in [0.25, 0.3) is 0 Å². The first-order valence-corrected chi connectivity index (χ1v) is 8.26.